The quantitative estimate of drug-likeness (QED) is 0.632. The van der Waals surface area contributed by atoms with Crippen LogP contribution >= 0.6 is 0 Å². The van der Waals surface area contributed by atoms with E-state index in [4.69, 9.17) is 9.16 Å². The molecule has 174 valence electrons. The Balaban J connectivity index is 1.66. The highest BCUT2D eigenvalue weighted by Crippen LogP contribution is 2.40. The summed E-state index contributed by atoms with van der Waals surface area (Å²) in [6.45, 7) is 14.8. The van der Waals surface area contributed by atoms with Gasteiger partial charge < -0.3 is 14.3 Å². The van der Waals surface area contributed by atoms with Gasteiger partial charge in [0.05, 0.1) is 44.1 Å². The first-order valence-electron chi connectivity index (χ1n) is 11.4. The van der Waals surface area contributed by atoms with Crippen molar-refractivity contribution in [1.29, 1.82) is 0 Å². The molecule has 1 aromatic heterocycles. The van der Waals surface area contributed by atoms with Gasteiger partial charge in [-0.1, -0.05) is 39.0 Å². The highest BCUT2D eigenvalue weighted by atomic mass is 28.4. The van der Waals surface area contributed by atoms with Gasteiger partial charge in [-0.3, -0.25) is 9.58 Å². The van der Waals surface area contributed by atoms with Crippen LogP contribution in [0.15, 0.2) is 30.6 Å². The Labute approximate surface area is 191 Å². The van der Waals surface area contributed by atoms with Crippen LogP contribution in [0.3, 0.4) is 0 Å². The second-order valence-corrected chi connectivity index (χ2v) is 15.4. The number of amides is 1. The molecule has 0 radical (unpaired) electrons. The molecule has 2 aliphatic heterocycles. The molecule has 7 nitrogen and oxygen atoms in total. The molecule has 32 heavy (non-hydrogen) atoms. The molecule has 1 saturated heterocycles. The van der Waals surface area contributed by atoms with Gasteiger partial charge in [0.2, 0.25) is 0 Å². The first kappa shape index (κ1) is 23.0. The number of ether oxygens (including phenoxy) is 1. The summed E-state index contributed by atoms with van der Waals surface area (Å²) in [6, 6.07) is 6.03. The number of hydrogen-bond donors (Lipinski definition) is 1. The van der Waals surface area contributed by atoms with Crippen LogP contribution in [0.25, 0.3) is 11.1 Å². The summed E-state index contributed by atoms with van der Waals surface area (Å²) in [5.74, 6) is 0. The highest BCUT2D eigenvalue weighted by molar-refractivity contribution is 6.74. The summed E-state index contributed by atoms with van der Waals surface area (Å²) in [5.41, 5.74) is 4.45. The Kier molecular flexibility index (Phi) is 5.98. The molecule has 0 unspecified atom stereocenters. The topological polar surface area (TPSA) is 76.8 Å². The summed E-state index contributed by atoms with van der Waals surface area (Å²) < 4.78 is 13.8. The molecule has 0 aliphatic carbocycles. The molecule has 0 saturated carbocycles. The van der Waals surface area contributed by atoms with Crippen molar-refractivity contribution < 1.29 is 19.1 Å². The molecule has 1 amide bonds. The smallest absolute Gasteiger partial charge is 0.408 e. The zero-order valence-electron chi connectivity index (χ0n) is 20.0. The standard InChI is InChI=1S/C24H35N3O4Si/c1-16-20-8-7-9-21(17-11-25-26(12-17)19-13-30-14-19)22(20)10-18(27(16)23(28)29)15-31-32(5,6)24(2,3)4/h7-9,11-12,16,18-19H,10,13-15H2,1-6H3,(H,28,29)/t16-,18+/m0/s1. The molecule has 0 spiro atoms. The first-order valence-corrected chi connectivity index (χ1v) is 14.3. The predicted octanol–water partition coefficient (Wildman–Crippen LogP) is 5.11. The van der Waals surface area contributed by atoms with Gasteiger partial charge in [-0.05, 0) is 48.2 Å². The van der Waals surface area contributed by atoms with Crippen molar-refractivity contribution in [2.45, 2.75) is 70.4 Å². The van der Waals surface area contributed by atoms with Gasteiger partial charge in [0.25, 0.3) is 0 Å². The van der Waals surface area contributed by atoms with Crippen molar-refractivity contribution in [3.63, 3.8) is 0 Å². The third-order valence-corrected chi connectivity index (χ3v) is 12.0. The third kappa shape index (κ3) is 4.11. The number of aromatic nitrogens is 2. The summed E-state index contributed by atoms with van der Waals surface area (Å²) in [7, 11) is -2.00. The Morgan fingerprint density at radius 1 is 1.31 bits per heavy atom. The minimum Gasteiger partial charge on any atom is -0.465 e. The largest absolute Gasteiger partial charge is 0.465 e. The van der Waals surface area contributed by atoms with E-state index in [1.807, 2.05) is 23.9 Å². The van der Waals surface area contributed by atoms with Gasteiger partial charge in [0.1, 0.15) is 0 Å². The molecule has 4 rings (SSSR count). The van der Waals surface area contributed by atoms with Crippen LogP contribution in [0, 0.1) is 0 Å². The van der Waals surface area contributed by atoms with E-state index in [0.717, 1.165) is 16.7 Å². The third-order valence-electron chi connectivity index (χ3n) is 7.48. The zero-order valence-corrected chi connectivity index (χ0v) is 21.0. The molecule has 8 heteroatoms. The van der Waals surface area contributed by atoms with Gasteiger partial charge in [0.15, 0.2) is 8.32 Å². The molecule has 2 aromatic rings. The second kappa shape index (κ2) is 8.32. The van der Waals surface area contributed by atoms with Crippen molar-refractivity contribution in [3.05, 3.63) is 41.7 Å². The van der Waals surface area contributed by atoms with E-state index in [1.54, 1.807) is 4.90 Å². The average Bonchev–Trinajstić information content (AvgIpc) is 3.12. The number of benzene rings is 1. The lowest BCUT2D eigenvalue weighted by Gasteiger charge is -2.43. The van der Waals surface area contributed by atoms with Crippen LogP contribution in [0.1, 0.15) is 50.9 Å². The lowest BCUT2D eigenvalue weighted by atomic mass is 9.85. The van der Waals surface area contributed by atoms with Crippen LogP contribution in [0.2, 0.25) is 18.1 Å². The number of hydrogen-bond acceptors (Lipinski definition) is 4. The molecule has 0 bridgehead atoms. The van der Waals surface area contributed by atoms with Crippen molar-refractivity contribution in [2.24, 2.45) is 0 Å². The average molecular weight is 458 g/mol. The number of nitrogens with zero attached hydrogens (tertiary/aromatic N) is 3. The number of carbonyl (C=O) groups is 1. The molecule has 3 heterocycles. The predicted molar refractivity (Wildman–Crippen MR) is 126 cm³/mol. The van der Waals surface area contributed by atoms with Crippen LogP contribution in [-0.4, -0.2) is 60.1 Å². The van der Waals surface area contributed by atoms with Crippen LogP contribution in [0.4, 0.5) is 4.79 Å². The molecular weight excluding hydrogens is 422 g/mol. The fourth-order valence-corrected chi connectivity index (χ4v) is 5.37. The molecule has 1 aromatic carbocycles. The van der Waals surface area contributed by atoms with Crippen molar-refractivity contribution >= 4 is 14.4 Å². The van der Waals surface area contributed by atoms with E-state index < -0.39 is 14.4 Å². The fourth-order valence-electron chi connectivity index (χ4n) is 4.33. The summed E-state index contributed by atoms with van der Waals surface area (Å²) in [6.07, 6.45) is 3.73. The molecule has 2 atom stereocenters. The number of fused-ring (bicyclic) bond motifs is 1. The van der Waals surface area contributed by atoms with E-state index in [1.165, 1.54) is 5.56 Å². The fraction of sp³-hybridized carbons (Fsp3) is 0.583. The summed E-state index contributed by atoms with van der Waals surface area (Å²) in [5, 5.41) is 14.7. The van der Waals surface area contributed by atoms with Crippen molar-refractivity contribution in [1.82, 2.24) is 14.7 Å². The van der Waals surface area contributed by atoms with Gasteiger partial charge in [0, 0.05) is 11.8 Å². The lowest BCUT2D eigenvalue weighted by Crippen LogP contribution is -2.51. The van der Waals surface area contributed by atoms with Gasteiger partial charge in [-0.25, -0.2) is 4.79 Å². The first-order chi connectivity index (χ1) is 15.0. The maximum Gasteiger partial charge on any atom is 0.408 e. The summed E-state index contributed by atoms with van der Waals surface area (Å²) in [4.78, 5) is 13.8. The zero-order chi connectivity index (χ0) is 23.3. The minimum atomic E-state index is -2.00. The second-order valence-electron chi connectivity index (χ2n) is 10.6. The van der Waals surface area contributed by atoms with Gasteiger partial charge in [-0.15, -0.1) is 0 Å². The maximum atomic E-state index is 12.2. The molecule has 1 fully saturated rings. The van der Waals surface area contributed by atoms with Crippen LogP contribution in [0.5, 0.6) is 0 Å². The molecule has 2 aliphatic rings. The Bertz CT molecular complexity index is 993. The molecule has 1 N–H and O–H groups in total. The lowest BCUT2D eigenvalue weighted by molar-refractivity contribution is -0.0286. The minimum absolute atomic E-state index is 0.0736. The van der Waals surface area contributed by atoms with E-state index in [-0.39, 0.29) is 17.1 Å². The van der Waals surface area contributed by atoms with Gasteiger partial charge in [-0.2, -0.15) is 5.10 Å². The van der Waals surface area contributed by atoms with Crippen LogP contribution in [-0.2, 0) is 15.6 Å². The maximum absolute atomic E-state index is 12.2. The van der Waals surface area contributed by atoms with Crippen molar-refractivity contribution in [3.8, 4) is 11.1 Å². The Morgan fingerprint density at radius 2 is 2.03 bits per heavy atom. The number of carboxylic acid groups (broad SMARTS) is 1. The molecular formula is C24H35N3O4Si. The van der Waals surface area contributed by atoms with E-state index in [9.17, 15) is 9.90 Å². The van der Waals surface area contributed by atoms with Crippen LogP contribution < -0.4 is 0 Å². The van der Waals surface area contributed by atoms with E-state index >= 15 is 0 Å². The Morgan fingerprint density at radius 3 is 2.62 bits per heavy atom. The van der Waals surface area contributed by atoms with Gasteiger partial charge >= 0.3 is 6.09 Å². The number of rotatable bonds is 5. The Hall–Kier alpha value is -2.16. The summed E-state index contributed by atoms with van der Waals surface area (Å²) >= 11 is 0. The SMILES string of the molecule is C[C@H]1c2cccc(-c3cnn(C4COC4)c3)c2C[C@H](CO[Si](C)(C)C(C)(C)C)N1C(=O)O. The normalized spacial score (nSPS) is 21.9. The van der Waals surface area contributed by atoms with Crippen molar-refractivity contribution in [2.75, 3.05) is 19.8 Å². The highest BCUT2D eigenvalue weighted by Gasteiger charge is 2.41. The van der Waals surface area contributed by atoms with E-state index in [0.29, 0.717) is 32.3 Å². The van der Waals surface area contributed by atoms with E-state index in [2.05, 4.69) is 57.3 Å². The monoisotopic (exact) mass is 457 g/mol.